The zero-order valence-electron chi connectivity index (χ0n) is 19.7. The largest absolute Gasteiger partial charge is 0.383 e. The SMILES string of the molecule is C#[N+]C(C=N)=Cc1ccc(-c2cc(NC(C)C)c(CCCNCC(F)(F)CNC(C)=O)cn2)[nH]1. The number of amides is 1. The summed E-state index contributed by atoms with van der Waals surface area (Å²) in [6.07, 6.45) is 5.82. The monoisotopic (exact) mass is 472 g/mol. The maximum absolute atomic E-state index is 13.7. The number of aromatic nitrogens is 2. The lowest BCUT2D eigenvalue weighted by atomic mass is 10.1. The highest BCUT2D eigenvalue weighted by atomic mass is 19.3. The Bertz CT molecular complexity index is 1050. The van der Waals surface area contributed by atoms with E-state index in [1.807, 2.05) is 32.0 Å². The molecular formula is C24H32F2N7O+. The third-order valence-corrected chi connectivity index (χ3v) is 4.79. The van der Waals surface area contributed by atoms with E-state index < -0.39 is 24.9 Å². The highest BCUT2D eigenvalue weighted by Gasteiger charge is 2.28. The molecule has 8 nitrogen and oxygen atoms in total. The molecule has 2 aromatic rings. The minimum atomic E-state index is -3.00. The second-order valence-electron chi connectivity index (χ2n) is 8.24. The quantitative estimate of drug-likeness (QED) is 0.223. The number of allylic oxidation sites excluding steroid dienone is 1. The Labute approximate surface area is 198 Å². The molecule has 0 aliphatic heterocycles. The molecule has 0 aliphatic rings. The molecule has 0 bridgehead atoms. The smallest absolute Gasteiger partial charge is 0.359 e. The summed E-state index contributed by atoms with van der Waals surface area (Å²) in [4.78, 5) is 22.1. The Kier molecular flexibility index (Phi) is 9.89. The van der Waals surface area contributed by atoms with Gasteiger partial charge in [-0.15, -0.1) is 0 Å². The predicted octanol–water partition coefficient (Wildman–Crippen LogP) is 4.14. The Hall–Kier alpha value is -3.58. The van der Waals surface area contributed by atoms with Gasteiger partial charge in [-0.2, -0.15) is 0 Å². The van der Waals surface area contributed by atoms with E-state index in [0.29, 0.717) is 25.1 Å². The molecule has 0 aromatic carbocycles. The maximum atomic E-state index is 13.7. The van der Waals surface area contributed by atoms with Crippen LogP contribution in [0.5, 0.6) is 0 Å². The lowest BCUT2D eigenvalue weighted by molar-refractivity contribution is -0.120. The number of nitrogens with one attached hydrogen (secondary N) is 5. The third kappa shape index (κ3) is 8.75. The average Bonchev–Trinajstić information content (AvgIpc) is 3.25. The van der Waals surface area contributed by atoms with E-state index in [1.54, 1.807) is 12.3 Å². The van der Waals surface area contributed by atoms with Crippen molar-refractivity contribution in [3.63, 3.8) is 0 Å². The fraction of sp³-hybridized carbons (Fsp3) is 0.417. The van der Waals surface area contributed by atoms with E-state index in [4.69, 9.17) is 12.0 Å². The molecule has 182 valence electrons. The van der Waals surface area contributed by atoms with Crippen LogP contribution in [0.25, 0.3) is 22.3 Å². The van der Waals surface area contributed by atoms with Crippen molar-refractivity contribution in [1.29, 1.82) is 5.41 Å². The van der Waals surface area contributed by atoms with Crippen LogP contribution < -0.4 is 16.0 Å². The van der Waals surface area contributed by atoms with E-state index >= 15 is 0 Å². The highest BCUT2D eigenvalue weighted by Crippen LogP contribution is 2.25. The number of alkyl halides is 2. The molecule has 0 atom stereocenters. The number of pyridine rings is 1. The van der Waals surface area contributed by atoms with Gasteiger partial charge in [-0.3, -0.25) is 9.78 Å². The molecule has 2 aromatic heterocycles. The van der Waals surface area contributed by atoms with Crippen LogP contribution >= 0.6 is 0 Å². The fourth-order valence-corrected chi connectivity index (χ4v) is 3.19. The van der Waals surface area contributed by atoms with E-state index in [-0.39, 0.29) is 6.04 Å². The van der Waals surface area contributed by atoms with E-state index in [1.165, 1.54) is 6.92 Å². The molecule has 2 heterocycles. The van der Waals surface area contributed by atoms with Gasteiger partial charge in [0.1, 0.15) is 6.21 Å². The van der Waals surface area contributed by atoms with Crippen molar-refractivity contribution in [2.75, 3.05) is 25.0 Å². The minimum absolute atomic E-state index is 0.197. The van der Waals surface area contributed by atoms with E-state index in [0.717, 1.165) is 34.5 Å². The second kappa shape index (κ2) is 12.6. The van der Waals surface area contributed by atoms with Crippen molar-refractivity contribution >= 4 is 23.9 Å². The molecule has 0 unspecified atom stereocenters. The van der Waals surface area contributed by atoms with Gasteiger partial charge in [-0.25, -0.2) is 8.78 Å². The number of hydrogen-bond donors (Lipinski definition) is 5. The van der Waals surface area contributed by atoms with Gasteiger partial charge in [-0.05, 0) is 61.8 Å². The van der Waals surface area contributed by atoms with Gasteiger partial charge < -0.3 is 26.3 Å². The Morgan fingerprint density at radius 1 is 1.35 bits per heavy atom. The Morgan fingerprint density at radius 2 is 2.12 bits per heavy atom. The van der Waals surface area contributed by atoms with Crippen LogP contribution in [0.1, 0.15) is 38.4 Å². The summed E-state index contributed by atoms with van der Waals surface area (Å²) in [7, 11) is 0. The molecule has 0 saturated heterocycles. The van der Waals surface area contributed by atoms with Crippen molar-refractivity contribution in [2.45, 2.75) is 45.6 Å². The lowest BCUT2D eigenvalue weighted by Gasteiger charge is -2.18. The summed E-state index contributed by atoms with van der Waals surface area (Å²) in [5, 5.41) is 15.6. The first-order chi connectivity index (χ1) is 16.1. The lowest BCUT2D eigenvalue weighted by Crippen LogP contribution is -2.43. The first-order valence-electron chi connectivity index (χ1n) is 11.0. The number of carbonyl (C=O) groups is 1. The molecule has 0 radical (unpaired) electrons. The third-order valence-electron chi connectivity index (χ3n) is 4.79. The normalized spacial score (nSPS) is 11.9. The maximum Gasteiger partial charge on any atom is 0.359 e. The molecule has 0 spiro atoms. The number of carbonyl (C=O) groups excluding carboxylic acids is 1. The summed E-state index contributed by atoms with van der Waals surface area (Å²) < 4.78 is 27.5. The number of rotatable bonds is 13. The minimum Gasteiger partial charge on any atom is -0.383 e. The molecular weight excluding hydrogens is 440 g/mol. The number of halogens is 2. The Morgan fingerprint density at radius 3 is 2.76 bits per heavy atom. The molecule has 5 N–H and O–H groups in total. The molecule has 2 rings (SSSR count). The van der Waals surface area contributed by atoms with Gasteiger partial charge in [-0.1, -0.05) is 0 Å². The fourth-order valence-electron chi connectivity index (χ4n) is 3.19. The standard InChI is InChI=1S/C24H31F2N7O/c1-16(2)32-22-11-23(21-8-7-19(33-21)10-20(12-27)28-4)30-13-18(22)6-5-9-29-14-24(25,26)15-31-17(3)34/h4,7-8,10-13,16,29H,5-6,9,14-15H2,1-3H3,(H3-,27,30,31,32,33,34)/p+1. The number of H-pyrrole nitrogens is 1. The number of aromatic amines is 1. The van der Waals surface area contributed by atoms with Crippen LogP contribution in [-0.4, -0.2) is 53.7 Å². The molecule has 34 heavy (non-hydrogen) atoms. The van der Waals surface area contributed by atoms with Crippen molar-refractivity contribution in [3.8, 4) is 18.0 Å². The van der Waals surface area contributed by atoms with Gasteiger partial charge in [0.15, 0.2) is 0 Å². The first kappa shape index (κ1) is 26.7. The molecule has 1 amide bonds. The van der Waals surface area contributed by atoms with Gasteiger partial charge in [0.05, 0.1) is 30.6 Å². The zero-order chi connectivity index (χ0) is 25.1. The van der Waals surface area contributed by atoms with E-state index in [9.17, 15) is 13.6 Å². The zero-order valence-corrected chi connectivity index (χ0v) is 19.7. The van der Waals surface area contributed by atoms with Crippen LogP contribution in [0.2, 0.25) is 0 Å². The van der Waals surface area contributed by atoms with Crippen molar-refractivity contribution in [2.24, 2.45) is 0 Å². The summed E-state index contributed by atoms with van der Waals surface area (Å²) in [6, 6.07) is 5.88. The van der Waals surface area contributed by atoms with Crippen molar-refractivity contribution in [1.82, 2.24) is 20.6 Å². The number of hydrogen-bond acceptors (Lipinski definition) is 5. The summed E-state index contributed by atoms with van der Waals surface area (Å²) in [5.74, 6) is -3.48. The highest BCUT2D eigenvalue weighted by molar-refractivity contribution is 5.85. The molecule has 0 aliphatic carbocycles. The van der Waals surface area contributed by atoms with Gasteiger partial charge >= 0.3 is 5.70 Å². The molecule has 0 fully saturated rings. The van der Waals surface area contributed by atoms with Crippen LogP contribution in [0.4, 0.5) is 14.5 Å². The van der Waals surface area contributed by atoms with E-state index in [2.05, 4.69) is 30.8 Å². The van der Waals surface area contributed by atoms with Crippen LogP contribution in [0.3, 0.4) is 0 Å². The predicted molar refractivity (Wildman–Crippen MR) is 133 cm³/mol. The summed E-state index contributed by atoms with van der Waals surface area (Å²) in [5.41, 5.74) is 4.54. The second-order valence-corrected chi connectivity index (χ2v) is 8.24. The van der Waals surface area contributed by atoms with Gasteiger partial charge in [0, 0.05) is 30.5 Å². The van der Waals surface area contributed by atoms with Crippen molar-refractivity contribution in [3.05, 3.63) is 46.2 Å². The van der Waals surface area contributed by atoms with Crippen LogP contribution in [0, 0.1) is 12.0 Å². The first-order valence-corrected chi connectivity index (χ1v) is 11.0. The summed E-state index contributed by atoms with van der Waals surface area (Å²) >= 11 is 0. The number of anilines is 1. The van der Waals surface area contributed by atoms with Crippen molar-refractivity contribution < 1.29 is 13.6 Å². The number of nitrogens with zero attached hydrogens (tertiary/aromatic N) is 2. The summed E-state index contributed by atoms with van der Waals surface area (Å²) in [6.45, 7) is 9.77. The molecule has 0 saturated carbocycles. The average molecular weight is 473 g/mol. The Balaban J connectivity index is 2.03. The van der Waals surface area contributed by atoms with Crippen LogP contribution in [-0.2, 0) is 11.2 Å². The van der Waals surface area contributed by atoms with Gasteiger partial charge in [0.2, 0.25) is 5.91 Å². The van der Waals surface area contributed by atoms with Crippen LogP contribution in [0.15, 0.2) is 30.1 Å². The molecule has 10 heteroatoms. The topological polar surface area (TPSA) is 110 Å². The number of aryl methyl sites for hydroxylation is 1. The van der Waals surface area contributed by atoms with Gasteiger partial charge in [0.25, 0.3) is 12.5 Å².